The Morgan fingerprint density at radius 2 is 1.52 bits per heavy atom. The number of hydrogen-bond acceptors (Lipinski definition) is 4. The van der Waals surface area contributed by atoms with E-state index in [1.165, 1.54) is 0 Å². The first-order chi connectivity index (χ1) is 9.44. The van der Waals surface area contributed by atoms with Gasteiger partial charge in [-0.1, -0.05) is 0 Å². The van der Waals surface area contributed by atoms with E-state index in [4.69, 9.17) is 9.47 Å². The van der Waals surface area contributed by atoms with Crippen molar-refractivity contribution in [3.63, 3.8) is 0 Å². The number of carbonyl (C=O) groups is 2. The molecule has 0 unspecified atom stereocenters. The molecule has 0 aromatic carbocycles. The number of carbonyl (C=O) groups excluding carboxylic acids is 2. The lowest BCUT2D eigenvalue weighted by molar-refractivity contribution is -0.157. The van der Waals surface area contributed by atoms with Crippen molar-refractivity contribution >= 4 is 12.1 Å². The molecule has 1 amide bonds. The second-order valence-corrected chi connectivity index (χ2v) is 6.92. The lowest BCUT2D eigenvalue weighted by atomic mass is 10.1. The van der Waals surface area contributed by atoms with E-state index in [1.807, 2.05) is 0 Å². The van der Waals surface area contributed by atoms with Gasteiger partial charge in [0.15, 0.2) is 0 Å². The monoisotopic (exact) mass is 305 g/mol. The first-order valence-corrected chi connectivity index (χ1v) is 7.23. The molecular weight excluding hydrogens is 277 g/mol. The fourth-order valence-electron chi connectivity index (χ4n) is 1.51. The van der Waals surface area contributed by atoms with Crippen LogP contribution in [0.15, 0.2) is 0 Å². The summed E-state index contributed by atoms with van der Waals surface area (Å²) in [5, 5.41) is 2.50. The van der Waals surface area contributed by atoms with Crippen molar-refractivity contribution in [2.24, 2.45) is 0 Å². The van der Waals surface area contributed by atoms with Crippen molar-refractivity contribution in [2.45, 2.75) is 78.0 Å². The van der Waals surface area contributed by atoms with Gasteiger partial charge >= 0.3 is 12.1 Å². The summed E-state index contributed by atoms with van der Waals surface area (Å²) in [6, 6.07) is -0.828. The number of hydrogen-bond donors (Lipinski definition) is 1. The standard InChI is InChI=1S/C15H28FNO4/c1-14(2,3)20-12(18)11(9-7-8-10-16)17-13(19)21-15(4,5)6/h11H,7-10H2,1-6H3,(H,17,19)/t11-/m0/s1. The van der Waals surface area contributed by atoms with Crippen LogP contribution in [-0.4, -0.2) is 36.0 Å². The molecular formula is C15H28FNO4. The minimum Gasteiger partial charge on any atom is -0.458 e. The molecule has 1 N–H and O–H groups in total. The van der Waals surface area contributed by atoms with E-state index in [9.17, 15) is 14.0 Å². The lowest BCUT2D eigenvalue weighted by Crippen LogP contribution is -2.46. The maximum absolute atomic E-state index is 12.2. The average Bonchev–Trinajstić information content (AvgIpc) is 2.22. The maximum atomic E-state index is 12.2. The molecule has 0 aromatic rings. The van der Waals surface area contributed by atoms with Crippen molar-refractivity contribution in [1.29, 1.82) is 0 Å². The third-order valence-electron chi connectivity index (χ3n) is 2.26. The van der Waals surface area contributed by atoms with E-state index in [0.717, 1.165) is 0 Å². The number of alkyl halides is 1. The van der Waals surface area contributed by atoms with Crippen molar-refractivity contribution < 1.29 is 23.5 Å². The van der Waals surface area contributed by atoms with Gasteiger partial charge in [-0.15, -0.1) is 0 Å². The van der Waals surface area contributed by atoms with Crippen molar-refractivity contribution in [2.75, 3.05) is 6.67 Å². The summed E-state index contributed by atoms with van der Waals surface area (Å²) >= 11 is 0. The predicted octanol–water partition coefficient (Wildman–Crippen LogP) is 3.36. The van der Waals surface area contributed by atoms with Gasteiger partial charge in [-0.3, -0.25) is 4.39 Å². The zero-order valence-corrected chi connectivity index (χ0v) is 13.9. The number of unbranched alkanes of at least 4 members (excludes halogenated alkanes) is 1. The smallest absolute Gasteiger partial charge is 0.408 e. The molecule has 6 heteroatoms. The highest BCUT2D eigenvalue weighted by molar-refractivity contribution is 5.81. The summed E-state index contributed by atoms with van der Waals surface area (Å²) in [6.45, 7) is 9.99. The van der Waals surface area contributed by atoms with Gasteiger partial charge in [0.1, 0.15) is 17.2 Å². The number of amides is 1. The van der Waals surface area contributed by atoms with Gasteiger partial charge in [0.25, 0.3) is 0 Å². The second-order valence-electron chi connectivity index (χ2n) is 6.92. The normalized spacial score (nSPS) is 13.5. The van der Waals surface area contributed by atoms with Crippen LogP contribution in [0.4, 0.5) is 9.18 Å². The van der Waals surface area contributed by atoms with Crippen LogP contribution in [-0.2, 0) is 14.3 Å². The predicted molar refractivity (Wildman–Crippen MR) is 78.8 cm³/mol. The van der Waals surface area contributed by atoms with Gasteiger partial charge in [-0.25, -0.2) is 9.59 Å². The Morgan fingerprint density at radius 3 is 1.95 bits per heavy atom. The summed E-state index contributed by atoms with van der Waals surface area (Å²) in [5.41, 5.74) is -1.30. The van der Waals surface area contributed by atoms with Gasteiger partial charge < -0.3 is 14.8 Å². The molecule has 1 atom stereocenters. The highest BCUT2D eigenvalue weighted by atomic mass is 19.1. The fraction of sp³-hybridized carbons (Fsp3) is 0.867. The molecule has 0 aromatic heterocycles. The molecule has 0 bridgehead atoms. The van der Waals surface area contributed by atoms with Crippen LogP contribution in [0.2, 0.25) is 0 Å². The van der Waals surface area contributed by atoms with E-state index in [2.05, 4.69) is 5.32 Å². The van der Waals surface area contributed by atoms with Crippen molar-refractivity contribution in [3.05, 3.63) is 0 Å². The highest BCUT2D eigenvalue weighted by Gasteiger charge is 2.28. The molecule has 124 valence electrons. The molecule has 21 heavy (non-hydrogen) atoms. The first kappa shape index (κ1) is 19.7. The Labute approximate surface area is 126 Å². The van der Waals surface area contributed by atoms with Crippen LogP contribution < -0.4 is 5.32 Å². The minimum absolute atomic E-state index is 0.318. The van der Waals surface area contributed by atoms with Crippen molar-refractivity contribution in [1.82, 2.24) is 5.32 Å². The van der Waals surface area contributed by atoms with Crippen LogP contribution in [0.5, 0.6) is 0 Å². The Bertz CT molecular complexity index is 345. The van der Waals surface area contributed by atoms with Crippen LogP contribution >= 0.6 is 0 Å². The second kappa shape index (κ2) is 8.20. The Kier molecular flexibility index (Phi) is 7.68. The number of ether oxygens (including phenoxy) is 2. The Hall–Kier alpha value is -1.33. The van der Waals surface area contributed by atoms with Crippen LogP contribution in [0.1, 0.15) is 60.8 Å². The van der Waals surface area contributed by atoms with E-state index in [0.29, 0.717) is 19.3 Å². The Morgan fingerprint density at radius 1 is 1.00 bits per heavy atom. The Balaban J connectivity index is 4.65. The zero-order valence-electron chi connectivity index (χ0n) is 13.9. The van der Waals surface area contributed by atoms with E-state index >= 15 is 0 Å². The number of nitrogens with one attached hydrogen (secondary N) is 1. The molecule has 0 aliphatic rings. The third-order valence-corrected chi connectivity index (χ3v) is 2.26. The zero-order chi connectivity index (χ0) is 16.7. The summed E-state index contributed by atoms with van der Waals surface area (Å²) in [5.74, 6) is -0.535. The quantitative estimate of drug-likeness (QED) is 0.603. The molecule has 0 rings (SSSR count). The summed E-state index contributed by atoms with van der Waals surface area (Å²) in [4.78, 5) is 23.8. The van der Waals surface area contributed by atoms with E-state index < -0.39 is 36.0 Å². The summed E-state index contributed by atoms with van der Waals surface area (Å²) in [7, 11) is 0. The number of rotatable bonds is 6. The third kappa shape index (κ3) is 11.0. The number of alkyl carbamates (subject to hydrolysis) is 1. The minimum atomic E-state index is -0.828. The number of esters is 1. The van der Waals surface area contributed by atoms with Gasteiger partial charge in [-0.2, -0.15) is 0 Å². The number of halogens is 1. The first-order valence-electron chi connectivity index (χ1n) is 7.23. The van der Waals surface area contributed by atoms with Crippen molar-refractivity contribution in [3.8, 4) is 0 Å². The molecule has 0 aliphatic heterocycles. The van der Waals surface area contributed by atoms with E-state index in [1.54, 1.807) is 41.5 Å². The molecule has 0 heterocycles. The molecule has 0 aliphatic carbocycles. The van der Waals surface area contributed by atoms with Gasteiger partial charge in [0, 0.05) is 0 Å². The molecule has 0 saturated heterocycles. The highest BCUT2D eigenvalue weighted by Crippen LogP contribution is 2.13. The topological polar surface area (TPSA) is 64.6 Å². The molecule has 0 fully saturated rings. The molecule has 0 spiro atoms. The maximum Gasteiger partial charge on any atom is 0.408 e. The van der Waals surface area contributed by atoms with Crippen LogP contribution in [0.3, 0.4) is 0 Å². The lowest BCUT2D eigenvalue weighted by Gasteiger charge is -2.26. The largest absolute Gasteiger partial charge is 0.458 e. The van der Waals surface area contributed by atoms with Gasteiger partial charge in [0.2, 0.25) is 0 Å². The van der Waals surface area contributed by atoms with Gasteiger partial charge in [0.05, 0.1) is 6.67 Å². The van der Waals surface area contributed by atoms with E-state index in [-0.39, 0.29) is 0 Å². The molecule has 0 radical (unpaired) electrons. The molecule has 5 nitrogen and oxygen atoms in total. The SMILES string of the molecule is CC(C)(C)OC(=O)N[C@@H](CCCCF)C(=O)OC(C)(C)C. The molecule has 0 saturated carbocycles. The fourth-order valence-corrected chi connectivity index (χ4v) is 1.51. The van der Waals surface area contributed by atoms with Crippen LogP contribution in [0, 0.1) is 0 Å². The average molecular weight is 305 g/mol. The van der Waals surface area contributed by atoms with Crippen LogP contribution in [0.25, 0.3) is 0 Å². The summed E-state index contributed by atoms with van der Waals surface area (Å²) < 4.78 is 22.6. The van der Waals surface area contributed by atoms with Gasteiger partial charge in [-0.05, 0) is 60.8 Å². The summed E-state index contributed by atoms with van der Waals surface area (Å²) in [6.07, 6.45) is 0.461.